The average molecular weight is 221 g/mol. The van der Waals surface area contributed by atoms with Crippen LogP contribution in [0.1, 0.15) is 0 Å². The van der Waals surface area contributed by atoms with Crippen molar-refractivity contribution < 1.29 is 9.26 Å². The van der Waals surface area contributed by atoms with E-state index in [0.717, 1.165) is 0 Å². The molecule has 0 aromatic carbocycles. The van der Waals surface area contributed by atoms with Crippen molar-refractivity contribution in [3.63, 3.8) is 0 Å². The topological polar surface area (TPSA) is 86.0 Å². The van der Waals surface area contributed by atoms with Gasteiger partial charge in [-0.25, -0.2) is 4.98 Å². The lowest BCUT2D eigenvalue weighted by Gasteiger charge is -1.97. The van der Waals surface area contributed by atoms with Crippen LogP contribution >= 0.6 is 0 Å². The van der Waals surface area contributed by atoms with Gasteiger partial charge in [-0.2, -0.15) is 4.98 Å². The Kier molecular flexibility index (Phi) is 3.39. The smallest absolute Gasteiger partial charge is 0.321 e. The summed E-state index contributed by atoms with van der Waals surface area (Å²) in [5.41, 5.74) is 0.575. The Bertz CT molecular complexity index is 430. The van der Waals surface area contributed by atoms with Gasteiger partial charge < -0.3 is 14.6 Å². The van der Waals surface area contributed by atoms with E-state index in [1.807, 2.05) is 0 Å². The monoisotopic (exact) mass is 221 g/mol. The second-order valence-corrected chi connectivity index (χ2v) is 2.93. The molecular formula is C9H11N5O2. The number of nitrogens with zero attached hydrogens (tertiary/aromatic N) is 4. The number of hydrogen-bond donors (Lipinski definition) is 1. The second kappa shape index (κ2) is 5.17. The molecule has 0 aliphatic rings. The molecule has 0 aliphatic heterocycles. The zero-order chi connectivity index (χ0) is 11.2. The van der Waals surface area contributed by atoms with Crippen LogP contribution in [0.3, 0.4) is 0 Å². The highest BCUT2D eigenvalue weighted by Crippen LogP contribution is 2.12. The van der Waals surface area contributed by atoms with E-state index in [-0.39, 0.29) is 0 Å². The van der Waals surface area contributed by atoms with Crippen molar-refractivity contribution in [2.24, 2.45) is 0 Å². The van der Waals surface area contributed by atoms with Gasteiger partial charge in [0.15, 0.2) is 0 Å². The predicted molar refractivity (Wildman–Crippen MR) is 55.7 cm³/mol. The highest BCUT2D eigenvalue weighted by molar-refractivity contribution is 5.47. The lowest BCUT2D eigenvalue weighted by atomic mass is 10.4. The minimum absolute atomic E-state index is 0.345. The largest absolute Gasteiger partial charge is 0.383 e. The molecule has 0 aliphatic carbocycles. The van der Waals surface area contributed by atoms with Gasteiger partial charge in [0.1, 0.15) is 5.69 Å². The molecule has 0 spiro atoms. The Morgan fingerprint density at radius 3 is 3.12 bits per heavy atom. The zero-order valence-electron chi connectivity index (χ0n) is 8.75. The number of methoxy groups -OCH3 is 1. The molecule has 84 valence electrons. The van der Waals surface area contributed by atoms with E-state index >= 15 is 0 Å². The van der Waals surface area contributed by atoms with Gasteiger partial charge in [0.25, 0.3) is 0 Å². The Morgan fingerprint density at radius 1 is 1.44 bits per heavy atom. The molecule has 16 heavy (non-hydrogen) atoms. The minimum Gasteiger partial charge on any atom is -0.383 e. The van der Waals surface area contributed by atoms with Gasteiger partial charge in [0.2, 0.25) is 5.82 Å². The van der Waals surface area contributed by atoms with Crippen LogP contribution in [-0.4, -0.2) is 40.4 Å². The molecule has 2 aromatic rings. The summed E-state index contributed by atoms with van der Waals surface area (Å²) in [4.78, 5) is 12.1. The molecule has 7 heteroatoms. The van der Waals surface area contributed by atoms with Crippen LogP contribution in [0.25, 0.3) is 11.5 Å². The quantitative estimate of drug-likeness (QED) is 0.739. The summed E-state index contributed by atoms with van der Waals surface area (Å²) in [6.45, 7) is 1.18. The van der Waals surface area contributed by atoms with Crippen molar-refractivity contribution in [3.8, 4) is 11.5 Å². The molecule has 1 N–H and O–H groups in total. The molecule has 0 saturated carbocycles. The number of rotatable bonds is 5. The summed E-state index contributed by atoms with van der Waals surface area (Å²) in [6.07, 6.45) is 4.73. The third-order valence-electron chi connectivity index (χ3n) is 1.80. The average Bonchev–Trinajstić information content (AvgIpc) is 2.79. The van der Waals surface area contributed by atoms with E-state index in [1.54, 1.807) is 25.7 Å². The first-order valence-corrected chi connectivity index (χ1v) is 4.73. The maximum Gasteiger partial charge on any atom is 0.321 e. The first-order valence-electron chi connectivity index (χ1n) is 4.73. The lowest BCUT2D eigenvalue weighted by Crippen LogP contribution is -2.07. The third-order valence-corrected chi connectivity index (χ3v) is 1.80. The summed E-state index contributed by atoms with van der Waals surface area (Å²) in [7, 11) is 1.63. The van der Waals surface area contributed by atoms with E-state index in [2.05, 4.69) is 25.4 Å². The normalized spacial score (nSPS) is 10.3. The van der Waals surface area contributed by atoms with Crippen LogP contribution in [0.15, 0.2) is 23.1 Å². The van der Waals surface area contributed by atoms with Gasteiger partial charge in [0.05, 0.1) is 12.8 Å². The molecule has 7 nitrogen and oxygen atoms in total. The Hall–Kier alpha value is -2.02. The number of nitrogens with one attached hydrogen (secondary N) is 1. The van der Waals surface area contributed by atoms with E-state index in [1.165, 1.54) is 0 Å². The van der Waals surface area contributed by atoms with Crippen molar-refractivity contribution >= 4 is 6.01 Å². The summed E-state index contributed by atoms with van der Waals surface area (Å²) in [6, 6.07) is 0.345. The van der Waals surface area contributed by atoms with E-state index in [9.17, 15) is 0 Å². The number of hydrogen-bond acceptors (Lipinski definition) is 7. The number of ether oxygens (including phenoxy) is 1. The van der Waals surface area contributed by atoms with Crippen LogP contribution < -0.4 is 5.32 Å². The maximum atomic E-state index is 4.97. The predicted octanol–water partition coefficient (Wildman–Crippen LogP) is 0.585. The molecule has 0 atom stereocenters. The van der Waals surface area contributed by atoms with Crippen LogP contribution in [0, 0.1) is 0 Å². The molecule has 0 saturated heterocycles. The molecular weight excluding hydrogens is 210 g/mol. The fourth-order valence-electron chi connectivity index (χ4n) is 1.07. The lowest BCUT2D eigenvalue weighted by molar-refractivity contribution is 0.210. The first-order chi connectivity index (χ1) is 7.90. The van der Waals surface area contributed by atoms with Gasteiger partial charge in [0, 0.05) is 26.0 Å². The second-order valence-electron chi connectivity index (χ2n) is 2.93. The van der Waals surface area contributed by atoms with Crippen LogP contribution in [0.5, 0.6) is 0 Å². The molecule has 0 radical (unpaired) electrons. The van der Waals surface area contributed by atoms with Crippen molar-refractivity contribution in [3.05, 3.63) is 18.6 Å². The van der Waals surface area contributed by atoms with Crippen molar-refractivity contribution in [1.29, 1.82) is 0 Å². The number of aromatic nitrogens is 4. The van der Waals surface area contributed by atoms with E-state index in [4.69, 9.17) is 9.26 Å². The van der Waals surface area contributed by atoms with Crippen LogP contribution in [0.2, 0.25) is 0 Å². The van der Waals surface area contributed by atoms with Gasteiger partial charge in [-0.05, 0) is 0 Å². The Morgan fingerprint density at radius 2 is 2.38 bits per heavy atom. The molecule has 0 bridgehead atoms. The molecule has 0 fully saturated rings. The summed E-state index contributed by atoms with van der Waals surface area (Å²) >= 11 is 0. The molecule has 2 rings (SSSR count). The van der Waals surface area contributed by atoms with Gasteiger partial charge >= 0.3 is 6.01 Å². The van der Waals surface area contributed by atoms with Crippen LogP contribution in [-0.2, 0) is 4.74 Å². The SMILES string of the molecule is COCCNc1nc(-c2cnccn2)no1. The van der Waals surface area contributed by atoms with E-state index in [0.29, 0.717) is 30.7 Å². The molecule has 0 unspecified atom stereocenters. The van der Waals surface area contributed by atoms with Crippen molar-refractivity contribution in [1.82, 2.24) is 20.1 Å². The molecule has 2 heterocycles. The van der Waals surface area contributed by atoms with Crippen molar-refractivity contribution in [2.75, 3.05) is 25.6 Å². The highest BCUT2D eigenvalue weighted by atomic mass is 16.5. The molecule has 2 aromatic heterocycles. The fraction of sp³-hybridized carbons (Fsp3) is 0.333. The Labute approximate surface area is 91.9 Å². The number of anilines is 1. The third kappa shape index (κ3) is 2.51. The first kappa shape index (κ1) is 10.5. The minimum atomic E-state index is 0.345. The van der Waals surface area contributed by atoms with E-state index < -0.39 is 0 Å². The highest BCUT2D eigenvalue weighted by Gasteiger charge is 2.08. The van der Waals surface area contributed by atoms with Gasteiger partial charge in [-0.1, -0.05) is 5.16 Å². The standard InChI is InChI=1S/C9H11N5O2/c1-15-5-4-12-9-13-8(14-16-9)7-6-10-2-3-11-7/h2-3,6H,4-5H2,1H3,(H,12,13,14). The summed E-state index contributed by atoms with van der Waals surface area (Å²) < 4.78 is 9.85. The van der Waals surface area contributed by atoms with Gasteiger partial charge in [-0.3, -0.25) is 4.98 Å². The fourth-order valence-corrected chi connectivity index (χ4v) is 1.07. The van der Waals surface area contributed by atoms with Crippen molar-refractivity contribution in [2.45, 2.75) is 0 Å². The van der Waals surface area contributed by atoms with Crippen LogP contribution in [0.4, 0.5) is 6.01 Å². The maximum absolute atomic E-state index is 4.97. The summed E-state index contributed by atoms with van der Waals surface area (Å²) in [5, 5.41) is 6.70. The Balaban J connectivity index is 2.02. The molecule has 0 amide bonds. The zero-order valence-corrected chi connectivity index (χ0v) is 8.75. The summed E-state index contributed by atoms with van der Waals surface area (Å²) in [5.74, 6) is 0.410. The van der Waals surface area contributed by atoms with Gasteiger partial charge in [-0.15, -0.1) is 0 Å².